The molecule has 2 amide bonds. The van der Waals surface area contributed by atoms with Gasteiger partial charge >= 0.3 is 6.03 Å². The van der Waals surface area contributed by atoms with E-state index in [1.165, 1.54) is 0 Å². The molecule has 2 aliphatic rings. The van der Waals surface area contributed by atoms with Gasteiger partial charge in [-0.25, -0.2) is 4.79 Å². The van der Waals surface area contributed by atoms with Crippen LogP contribution in [0, 0.1) is 12.3 Å². The van der Waals surface area contributed by atoms with Crippen LogP contribution < -0.4 is 10.5 Å². The fourth-order valence-corrected chi connectivity index (χ4v) is 3.00. The van der Waals surface area contributed by atoms with Crippen LogP contribution in [0.25, 0.3) is 0 Å². The van der Waals surface area contributed by atoms with E-state index in [9.17, 15) is 4.79 Å². The number of para-hydroxylation sites is 1. The van der Waals surface area contributed by atoms with Crippen LogP contribution in [0.2, 0.25) is 0 Å². The minimum absolute atomic E-state index is 0.292. The Morgan fingerprint density at radius 3 is 3.05 bits per heavy atom. The fourth-order valence-electron chi connectivity index (χ4n) is 3.00. The Bertz CT molecular complexity index is 647. The van der Waals surface area contributed by atoms with Crippen LogP contribution in [0.1, 0.15) is 18.9 Å². The second-order valence-corrected chi connectivity index (χ2v) is 4.95. The zero-order valence-corrected chi connectivity index (χ0v) is 11.2. The van der Waals surface area contributed by atoms with Gasteiger partial charge in [-0.1, -0.05) is 24.1 Å². The Hall–Kier alpha value is -2.48. The minimum atomic E-state index is -0.780. The summed E-state index contributed by atoms with van der Waals surface area (Å²) >= 11 is 0. The summed E-state index contributed by atoms with van der Waals surface area (Å²) in [5.41, 5.74) is 6.16. The van der Waals surface area contributed by atoms with Gasteiger partial charge in [0.15, 0.2) is 0 Å². The number of amidine groups is 1. The van der Waals surface area contributed by atoms with Crippen molar-refractivity contribution in [2.24, 2.45) is 10.7 Å². The molecule has 0 fully saturated rings. The third-order valence-electron chi connectivity index (χ3n) is 3.94. The SMILES string of the molecule is C#CC(C)N1C(=O)N=C(N)C12CCOc1ccccc12. The molecule has 5 nitrogen and oxygen atoms in total. The highest BCUT2D eigenvalue weighted by Crippen LogP contribution is 2.45. The number of nitrogens with zero attached hydrogens (tertiary/aromatic N) is 2. The Morgan fingerprint density at radius 1 is 1.55 bits per heavy atom. The smallest absolute Gasteiger partial charge is 0.347 e. The molecule has 5 heteroatoms. The van der Waals surface area contributed by atoms with E-state index in [-0.39, 0.29) is 6.03 Å². The van der Waals surface area contributed by atoms with Crippen molar-refractivity contribution < 1.29 is 9.53 Å². The molecule has 2 atom stereocenters. The van der Waals surface area contributed by atoms with Gasteiger partial charge in [0.25, 0.3) is 0 Å². The van der Waals surface area contributed by atoms with E-state index in [0.717, 1.165) is 11.3 Å². The Morgan fingerprint density at radius 2 is 2.30 bits per heavy atom. The van der Waals surface area contributed by atoms with Gasteiger partial charge in [-0.3, -0.25) is 4.90 Å². The number of terminal acetylenes is 1. The average molecular weight is 269 g/mol. The predicted molar refractivity (Wildman–Crippen MR) is 75.4 cm³/mol. The summed E-state index contributed by atoms with van der Waals surface area (Å²) in [6.45, 7) is 2.26. The molecule has 0 radical (unpaired) electrons. The number of carbonyl (C=O) groups is 1. The predicted octanol–water partition coefficient (Wildman–Crippen LogP) is 1.48. The molecule has 0 bridgehead atoms. The van der Waals surface area contributed by atoms with Gasteiger partial charge in [0.05, 0.1) is 12.6 Å². The van der Waals surface area contributed by atoms with Gasteiger partial charge in [0.2, 0.25) is 0 Å². The molecule has 20 heavy (non-hydrogen) atoms. The number of hydrogen-bond acceptors (Lipinski definition) is 3. The minimum Gasteiger partial charge on any atom is -0.493 e. The number of rotatable bonds is 1. The summed E-state index contributed by atoms with van der Waals surface area (Å²) in [5.74, 6) is 3.61. The number of ether oxygens (including phenoxy) is 1. The molecule has 0 saturated carbocycles. The van der Waals surface area contributed by atoms with Gasteiger partial charge in [-0.15, -0.1) is 6.42 Å². The lowest BCUT2D eigenvalue weighted by atomic mass is 9.82. The first kappa shape index (κ1) is 12.5. The molecule has 1 spiro atoms. The number of amides is 2. The van der Waals surface area contributed by atoms with Crippen molar-refractivity contribution in [1.82, 2.24) is 4.90 Å². The monoisotopic (exact) mass is 269 g/mol. The van der Waals surface area contributed by atoms with Crippen LogP contribution >= 0.6 is 0 Å². The first-order valence-corrected chi connectivity index (χ1v) is 6.47. The second kappa shape index (κ2) is 4.27. The second-order valence-electron chi connectivity index (χ2n) is 4.95. The molecule has 2 N–H and O–H groups in total. The summed E-state index contributed by atoms with van der Waals surface area (Å²) in [5, 5.41) is 0. The molecule has 2 heterocycles. The van der Waals surface area contributed by atoms with Crippen molar-refractivity contribution in [2.75, 3.05) is 6.61 Å². The molecular weight excluding hydrogens is 254 g/mol. The van der Waals surface area contributed by atoms with Crippen LogP contribution in [-0.2, 0) is 5.54 Å². The van der Waals surface area contributed by atoms with E-state index in [1.54, 1.807) is 11.8 Å². The summed E-state index contributed by atoms with van der Waals surface area (Å²) in [6, 6.07) is 6.78. The normalized spacial score (nSPS) is 25.7. The Labute approximate surface area is 117 Å². The van der Waals surface area contributed by atoms with Crippen molar-refractivity contribution in [1.29, 1.82) is 0 Å². The quantitative estimate of drug-likeness (QED) is 0.785. The maximum atomic E-state index is 12.2. The zero-order valence-electron chi connectivity index (χ0n) is 11.2. The standard InChI is InChI=1S/C15H15N3O2/c1-3-10(2)18-14(19)17-13(16)15(18)8-9-20-12-7-5-4-6-11(12)15/h1,4-7,10H,8-9H2,2H3,(H2,16,17,19). The van der Waals surface area contributed by atoms with E-state index in [2.05, 4.69) is 10.9 Å². The summed E-state index contributed by atoms with van der Waals surface area (Å²) in [4.78, 5) is 17.7. The van der Waals surface area contributed by atoms with E-state index < -0.39 is 11.6 Å². The lowest BCUT2D eigenvalue weighted by Gasteiger charge is -2.43. The molecule has 1 aromatic rings. The molecule has 2 aliphatic heterocycles. The highest BCUT2D eigenvalue weighted by atomic mass is 16.5. The molecule has 0 aromatic heterocycles. The maximum absolute atomic E-state index is 12.2. The first-order valence-electron chi connectivity index (χ1n) is 6.47. The number of carbonyl (C=O) groups excluding carboxylic acids is 1. The molecule has 102 valence electrons. The summed E-state index contributed by atoms with van der Waals surface area (Å²) < 4.78 is 5.66. The molecule has 2 unspecified atom stereocenters. The maximum Gasteiger partial charge on any atom is 0.347 e. The number of benzene rings is 1. The van der Waals surface area contributed by atoms with Gasteiger partial charge in [-0.05, 0) is 13.0 Å². The van der Waals surface area contributed by atoms with Crippen LogP contribution in [-0.4, -0.2) is 29.4 Å². The topological polar surface area (TPSA) is 67.9 Å². The fraction of sp³-hybridized carbons (Fsp3) is 0.333. The van der Waals surface area contributed by atoms with E-state index in [1.807, 2.05) is 24.3 Å². The third kappa shape index (κ3) is 1.45. The Kier molecular flexibility index (Phi) is 2.68. The van der Waals surface area contributed by atoms with Crippen molar-refractivity contribution in [3.05, 3.63) is 29.8 Å². The number of aliphatic imine (C=N–C) groups is 1. The summed E-state index contributed by atoms with van der Waals surface area (Å²) in [6.07, 6.45) is 6.06. The summed E-state index contributed by atoms with van der Waals surface area (Å²) in [7, 11) is 0. The van der Waals surface area contributed by atoms with E-state index in [0.29, 0.717) is 18.9 Å². The van der Waals surface area contributed by atoms with Crippen molar-refractivity contribution in [3.8, 4) is 18.1 Å². The highest BCUT2D eigenvalue weighted by Gasteiger charge is 2.54. The Balaban J connectivity index is 2.23. The molecule has 3 rings (SSSR count). The lowest BCUT2D eigenvalue weighted by Crippen LogP contribution is -2.56. The lowest BCUT2D eigenvalue weighted by molar-refractivity contribution is 0.118. The number of fused-ring (bicyclic) bond motifs is 2. The first-order chi connectivity index (χ1) is 9.61. The number of hydrogen-bond donors (Lipinski definition) is 1. The van der Waals surface area contributed by atoms with Crippen LogP contribution in [0.5, 0.6) is 5.75 Å². The van der Waals surface area contributed by atoms with Gasteiger partial charge in [0.1, 0.15) is 17.1 Å². The van der Waals surface area contributed by atoms with Crippen molar-refractivity contribution in [2.45, 2.75) is 24.9 Å². The van der Waals surface area contributed by atoms with E-state index in [4.69, 9.17) is 16.9 Å². The number of nitrogens with two attached hydrogens (primary N) is 1. The van der Waals surface area contributed by atoms with Crippen molar-refractivity contribution in [3.63, 3.8) is 0 Å². The molecule has 0 saturated heterocycles. The molecule has 1 aromatic carbocycles. The van der Waals surface area contributed by atoms with Gasteiger partial charge < -0.3 is 10.5 Å². The molecular formula is C15H15N3O2. The van der Waals surface area contributed by atoms with Gasteiger partial charge in [-0.2, -0.15) is 4.99 Å². The zero-order chi connectivity index (χ0) is 14.3. The third-order valence-corrected chi connectivity index (χ3v) is 3.94. The van der Waals surface area contributed by atoms with Crippen LogP contribution in [0.15, 0.2) is 29.3 Å². The van der Waals surface area contributed by atoms with Gasteiger partial charge in [0, 0.05) is 12.0 Å². The van der Waals surface area contributed by atoms with E-state index >= 15 is 0 Å². The number of urea groups is 1. The van der Waals surface area contributed by atoms with Crippen molar-refractivity contribution >= 4 is 11.9 Å². The largest absolute Gasteiger partial charge is 0.493 e. The van der Waals surface area contributed by atoms with Crippen LogP contribution in [0.4, 0.5) is 4.79 Å². The van der Waals surface area contributed by atoms with Crippen LogP contribution in [0.3, 0.4) is 0 Å². The molecule has 0 aliphatic carbocycles. The highest BCUT2D eigenvalue weighted by molar-refractivity contribution is 6.07. The average Bonchev–Trinajstić information content (AvgIpc) is 2.70.